The average molecular weight is 287 g/mol. The molecule has 4 atom stereocenters. The van der Waals surface area contributed by atoms with Crippen molar-refractivity contribution in [3.63, 3.8) is 0 Å². The quantitative estimate of drug-likeness (QED) is 0.163. The molecule has 3 fully saturated rings. The molecule has 0 amide bonds. The largest absolute Gasteiger partial charge is 0.454 e. The maximum atomic E-state index is 12.1. The van der Waals surface area contributed by atoms with E-state index in [9.17, 15) is 4.79 Å². The van der Waals surface area contributed by atoms with Gasteiger partial charge in [-0.25, -0.2) is 0 Å². The SMILES string of the molecule is CC(OC(=O)CC(C1CN1)(C1CN1)C1CN1)C(O)(O)O. The van der Waals surface area contributed by atoms with Crippen LogP contribution in [-0.2, 0) is 9.53 Å². The summed E-state index contributed by atoms with van der Waals surface area (Å²) >= 11 is 0. The van der Waals surface area contributed by atoms with Crippen molar-refractivity contribution < 1.29 is 24.9 Å². The summed E-state index contributed by atoms with van der Waals surface area (Å²) < 4.78 is 4.93. The number of aliphatic hydroxyl groups is 3. The summed E-state index contributed by atoms with van der Waals surface area (Å²) in [5.41, 5.74) is -0.236. The van der Waals surface area contributed by atoms with Gasteiger partial charge in [-0.1, -0.05) is 0 Å². The van der Waals surface area contributed by atoms with Crippen LogP contribution in [-0.4, -0.2) is 71.1 Å². The van der Waals surface area contributed by atoms with Crippen molar-refractivity contribution >= 4 is 5.97 Å². The third-order valence-corrected chi connectivity index (χ3v) is 4.48. The summed E-state index contributed by atoms with van der Waals surface area (Å²) in [5, 5.41) is 36.8. The van der Waals surface area contributed by atoms with Crippen LogP contribution in [0.5, 0.6) is 0 Å². The zero-order valence-corrected chi connectivity index (χ0v) is 11.3. The Morgan fingerprint density at radius 3 is 1.85 bits per heavy atom. The molecule has 6 N–H and O–H groups in total. The van der Waals surface area contributed by atoms with Gasteiger partial charge in [-0.3, -0.25) is 4.79 Å². The topological polar surface area (TPSA) is 153 Å². The van der Waals surface area contributed by atoms with Crippen LogP contribution in [0.15, 0.2) is 0 Å². The third kappa shape index (κ3) is 2.67. The number of carbonyl (C=O) groups is 1. The Kier molecular flexibility index (Phi) is 3.27. The summed E-state index contributed by atoms with van der Waals surface area (Å²) in [5.74, 6) is -3.54. The van der Waals surface area contributed by atoms with Gasteiger partial charge in [0.2, 0.25) is 0 Å². The summed E-state index contributed by atoms with van der Waals surface area (Å²) in [4.78, 5) is 12.1. The van der Waals surface area contributed by atoms with Crippen molar-refractivity contribution in [3.8, 4) is 0 Å². The van der Waals surface area contributed by atoms with Crippen LogP contribution >= 0.6 is 0 Å². The number of ether oxygens (including phenoxy) is 1. The van der Waals surface area contributed by atoms with E-state index in [1.54, 1.807) is 0 Å². The molecule has 0 bridgehead atoms. The smallest absolute Gasteiger partial charge is 0.314 e. The Balaban J connectivity index is 1.66. The Hall–Kier alpha value is -0.770. The fourth-order valence-electron chi connectivity index (χ4n) is 2.98. The highest BCUT2D eigenvalue weighted by atomic mass is 16.7. The molecule has 3 saturated heterocycles. The van der Waals surface area contributed by atoms with Crippen LogP contribution in [0, 0.1) is 5.41 Å². The van der Waals surface area contributed by atoms with Gasteiger partial charge in [-0.2, -0.15) is 0 Å². The minimum atomic E-state index is -3.01. The Morgan fingerprint density at radius 2 is 1.55 bits per heavy atom. The van der Waals surface area contributed by atoms with E-state index in [1.165, 1.54) is 6.92 Å². The lowest BCUT2D eigenvalue weighted by Gasteiger charge is -2.32. The minimum absolute atomic E-state index is 0.181. The lowest BCUT2D eigenvalue weighted by molar-refractivity contribution is -0.352. The number of esters is 1. The van der Waals surface area contributed by atoms with E-state index in [-0.39, 0.29) is 30.0 Å². The monoisotopic (exact) mass is 287 g/mol. The molecule has 3 heterocycles. The molecule has 0 radical (unpaired) electrons. The van der Waals surface area contributed by atoms with E-state index in [1.807, 2.05) is 0 Å². The fraction of sp³-hybridized carbons (Fsp3) is 0.917. The van der Waals surface area contributed by atoms with Gasteiger partial charge in [0.25, 0.3) is 0 Å². The van der Waals surface area contributed by atoms with Gasteiger partial charge >= 0.3 is 11.9 Å². The number of hydrogen-bond acceptors (Lipinski definition) is 8. The van der Waals surface area contributed by atoms with E-state index in [2.05, 4.69) is 16.0 Å². The predicted molar refractivity (Wildman–Crippen MR) is 67.4 cm³/mol. The molecule has 114 valence electrons. The van der Waals surface area contributed by atoms with Gasteiger partial charge < -0.3 is 36.0 Å². The second-order valence-electron chi connectivity index (χ2n) is 5.99. The predicted octanol–water partition coefficient (Wildman–Crippen LogP) is -3.16. The van der Waals surface area contributed by atoms with Crippen LogP contribution in [0.1, 0.15) is 13.3 Å². The molecule has 0 saturated carbocycles. The first kappa shape index (κ1) is 14.2. The van der Waals surface area contributed by atoms with Crippen molar-refractivity contribution in [2.45, 2.75) is 43.5 Å². The first-order valence-electron chi connectivity index (χ1n) is 6.91. The zero-order chi connectivity index (χ0) is 14.5. The zero-order valence-electron chi connectivity index (χ0n) is 11.3. The molecule has 8 heteroatoms. The normalized spacial score (nSPS) is 35.9. The second kappa shape index (κ2) is 4.62. The van der Waals surface area contributed by atoms with Gasteiger partial charge in [-0.05, 0) is 6.92 Å². The molecule has 0 aromatic heterocycles. The lowest BCUT2D eigenvalue weighted by Crippen LogP contribution is -2.47. The van der Waals surface area contributed by atoms with Crippen molar-refractivity contribution in [1.29, 1.82) is 0 Å². The molecule has 3 rings (SSSR count). The first-order chi connectivity index (χ1) is 9.34. The van der Waals surface area contributed by atoms with E-state index < -0.39 is 18.0 Å². The second-order valence-corrected chi connectivity index (χ2v) is 5.99. The molecule has 3 aliphatic heterocycles. The summed E-state index contributed by atoms with van der Waals surface area (Å²) in [7, 11) is 0. The van der Waals surface area contributed by atoms with Crippen molar-refractivity contribution in [2.24, 2.45) is 5.41 Å². The van der Waals surface area contributed by atoms with Crippen molar-refractivity contribution in [3.05, 3.63) is 0 Å². The van der Waals surface area contributed by atoms with Crippen LogP contribution in [0.4, 0.5) is 0 Å². The molecule has 3 aliphatic rings. The molecule has 0 spiro atoms. The van der Waals surface area contributed by atoms with Crippen LogP contribution in [0.2, 0.25) is 0 Å². The number of nitrogens with one attached hydrogen (secondary N) is 3. The van der Waals surface area contributed by atoms with E-state index in [0.29, 0.717) is 0 Å². The first-order valence-corrected chi connectivity index (χ1v) is 6.91. The molecular formula is C12H21N3O5. The maximum Gasteiger partial charge on any atom is 0.314 e. The van der Waals surface area contributed by atoms with Crippen LogP contribution in [0.25, 0.3) is 0 Å². The highest BCUT2D eigenvalue weighted by Gasteiger charge is 2.62. The lowest BCUT2D eigenvalue weighted by atomic mass is 9.74. The van der Waals surface area contributed by atoms with Crippen LogP contribution < -0.4 is 16.0 Å². The van der Waals surface area contributed by atoms with E-state index in [4.69, 9.17) is 20.1 Å². The summed E-state index contributed by atoms with van der Waals surface area (Å²) in [6.45, 7) is 3.87. The molecule has 0 aromatic rings. The maximum absolute atomic E-state index is 12.1. The van der Waals surface area contributed by atoms with Crippen molar-refractivity contribution in [1.82, 2.24) is 16.0 Å². The number of hydrogen-bond donors (Lipinski definition) is 6. The summed E-state index contributed by atoms with van der Waals surface area (Å²) in [6.07, 6.45) is -1.21. The fourth-order valence-corrected chi connectivity index (χ4v) is 2.98. The van der Waals surface area contributed by atoms with E-state index in [0.717, 1.165) is 19.6 Å². The molecule has 0 aromatic carbocycles. The highest BCUT2D eigenvalue weighted by Crippen LogP contribution is 2.45. The van der Waals surface area contributed by atoms with Gasteiger partial charge in [0.15, 0.2) is 6.10 Å². The Labute approximate surface area is 116 Å². The van der Waals surface area contributed by atoms with Gasteiger partial charge in [0.05, 0.1) is 6.42 Å². The van der Waals surface area contributed by atoms with E-state index >= 15 is 0 Å². The van der Waals surface area contributed by atoms with Gasteiger partial charge in [0, 0.05) is 43.2 Å². The number of rotatable bonds is 7. The van der Waals surface area contributed by atoms with Crippen LogP contribution in [0.3, 0.4) is 0 Å². The standard InChI is InChI=1S/C12H21N3O5/c1-6(12(17,18)19)20-10(16)2-11(7-3-13-7,8-4-14-8)9-5-15-9/h6-9,13-15,17-19H,2-5H2,1H3. The Morgan fingerprint density at radius 1 is 1.15 bits per heavy atom. The summed E-state index contributed by atoms with van der Waals surface area (Å²) in [6, 6.07) is 0.812. The van der Waals surface area contributed by atoms with Gasteiger partial charge in [0.1, 0.15) is 0 Å². The third-order valence-electron chi connectivity index (χ3n) is 4.48. The van der Waals surface area contributed by atoms with Crippen molar-refractivity contribution in [2.75, 3.05) is 19.6 Å². The minimum Gasteiger partial charge on any atom is -0.454 e. The number of carbonyl (C=O) groups excluding carboxylic acids is 1. The molecule has 8 nitrogen and oxygen atoms in total. The average Bonchev–Trinajstić information content (AvgIpc) is 3.23. The molecule has 20 heavy (non-hydrogen) atoms. The molecular weight excluding hydrogens is 266 g/mol. The molecule has 0 aliphatic carbocycles. The highest BCUT2D eigenvalue weighted by molar-refractivity contribution is 5.71. The Bertz CT molecular complexity index is 367. The van der Waals surface area contributed by atoms with Gasteiger partial charge in [-0.15, -0.1) is 0 Å². The molecule has 4 unspecified atom stereocenters.